The largest absolute Gasteiger partial charge is 0.352 e. The number of carbonyl (C=O) groups is 1. The number of carbonyl (C=O) groups excluding carboxylic acids is 1. The van der Waals surface area contributed by atoms with Gasteiger partial charge in [-0.2, -0.15) is 0 Å². The summed E-state index contributed by atoms with van der Waals surface area (Å²) in [6.07, 6.45) is 2.43. The molecule has 1 aliphatic rings. The fourth-order valence-electron chi connectivity index (χ4n) is 2.01. The second-order valence-corrected chi connectivity index (χ2v) is 5.37. The lowest BCUT2D eigenvalue weighted by Gasteiger charge is -2.16. The van der Waals surface area contributed by atoms with E-state index in [0.29, 0.717) is 5.92 Å². The predicted molar refractivity (Wildman–Crippen MR) is 70.3 cm³/mol. The van der Waals surface area contributed by atoms with Gasteiger partial charge in [0.05, 0.1) is 0 Å². The van der Waals surface area contributed by atoms with Crippen LogP contribution in [0.1, 0.15) is 49.1 Å². The van der Waals surface area contributed by atoms with Crippen LogP contribution < -0.4 is 5.32 Å². The molecule has 92 valence electrons. The van der Waals surface area contributed by atoms with Crippen molar-refractivity contribution in [2.45, 2.75) is 44.0 Å². The first-order chi connectivity index (χ1) is 8.09. The van der Waals surface area contributed by atoms with E-state index in [9.17, 15) is 4.79 Å². The third-order valence-corrected chi connectivity index (χ3v) is 3.38. The molecule has 1 aromatic rings. The van der Waals surface area contributed by atoms with Gasteiger partial charge in [0.25, 0.3) is 0 Å². The van der Waals surface area contributed by atoms with Gasteiger partial charge < -0.3 is 5.32 Å². The normalized spacial score (nSPS) is 16.9. The summed E-state index contributed by atoms with van der Waals surface area (Å²) >= 11 is 6.27. The van der Waals surface area contributed by atoms with Crippen LogP contribution in [0.3, 0.4) is 0 Å². The Labute approximate surface area is 107 Å². The SMILES string of the molecule is CC(C)NC(=O)C(Cl)c1ccccc1C1CC1. The maximum absolute atomic E-state index is 11.9. The van der Waals surface area contributed by atoms with Crippen LogP contribution in [0, 0.1) is 0 Å². The molecule has 1 saturated carbocycles. The Balaban J connectivity index is 2.18. The Bertz CT molecular complexity index is 412. The van der Waals surface area contributed by atoms with E-state index >= 15 is 0 Å². The molecule has 2 nitrogen and oxygen atoms in total. The van der Waals surface area contributed by atoms with E-state index in [0.717, 1.165) is 5.56 Å². The number of alkyl halides is 1. The number of hydrogen-bond donors (Lipinski definition) is 1. The molecule has 0 bridgehead atoms. The Hall–Kier alpha value is -1.02. The second kappa shape index (κ2) is 5.09. The zero-order chi connectivity index (χ0) is 12.4. The average Bonchev–Trinajstić information content (AvgIpc) is 3.11. The molecule has 17 heavy (non-hydrogen) atoms. The quantitative estimate of drug-likeness (QED) is 0.817. The fourth-order valence-corrected chi connectivity index (χ4v) is 2.27. The summed E-state index contributed by atoms with van der Waals surface area (Å²) in [6, 6.07) is 8.13. The molecule has 0 radical (unpaired) electrons. The Morgan fingerprint density at radius 2 is 2.00 bits per heavy atom. The Morgan fingerprint density at radius 3 is 2.59 bits per heavy atom. The molecule has 1 atom stereocenters. The molecule has 1 aromatic carbocycles. The lowest BCUT2D eigenvalue weighted by atomic mass is 10.00. The monoisotopic (exact) mass is 251 g/mol. The van der Waals surface area contributed by atoms with Gasteiger partial charge in [0.2, 0.25) is 5.91 Å². The zero-order valence-corrected chi connectivity index (χ0v) is 11.0. The summed E-state index contributed by atoms with van der Waals surface area (Å²) in [6.45, 7) is 3.88. The van der Waals surface area contributed by atoms with Crippen molar-refractivity contribution < 1.29 is 4.79 Å². The van der Waals surface area contributed by atoms with E-state index in [1.807, 2.05) is 32.0 Å². The Kier molecular flexibility index (Phi) is 3.72. The molecule has 2 rings (SSSR count). The maximum Gasteiger partial charge on any atom is 0.242 e. The van der Waals surface area contributed by atoms with Gasteiger partial charge in [-0.1, -0.05) is 24.3 Å². The van der Waals surface area contributed by atoms with E-state index in [2.05, 4.69) is 11.4 Å². The number of halogens is 1. The number of nitrogens with one attached hydrogen (secondary N) is 1. The van der Waals surface area contributed by atoms with Gasteiger partial charge in [-0.15, -0.1) is 11.6 Å². The average molecular weight is 252 g/mol. The van der Waals surface area contributed by atoms with Crippen LogP contribution in [0.4, 0.5) is 0 Å². The van der Waals surface area contributed by atoms with Crippen LogP contribution in [0.2, 0.25) is 0 Å². The van der Waals surface area contributed by atoms with Crippen molar-refractivity contribution >= 4 is 17.5 Å². The number of benzene rings is 1. The van der Waals surface area contributed by atoms with Gasteiger partial charge >= 0.3 is 0 Å². The minimum Gasteiger partial charge on any atom is -0.352 e. The first-order valence-corrected chi connectivity index (χ1v) is 6.56. The summed E-state index contributed by atoms with van der Waals surface area (Å²) < 4.78 is 0. The van der Waals surface area contributed by atoms with Crippen LogP contribution in [0.15, 0.2) is 24.3 Å². The minimum absolute atomic E-state index is 0.102. The topological polar surface area (TPSA) is 29.1 Å². The molecule has 0 saturated heterocycles. The summed E-state index contributed by atoms with van der Waals surface area (Å²) in [5.41, 5.74) is 2.21. The van der Waals surface area contributed by atoms with Gasteiger partial charge in [-0.05, 0) is 43.7 Å². The first kappa shape index (κ1) is 12.4. The number of rotatable bonds is 4. The summed E-state index contributed by atoms with van der Waals surface area (Å²) in [5, 5.41) is 2.28. The van der Waals surface area contributed by atoms with Crippen molar-refractivity contribution in [2.75, 3.05) is 0 Å². The smallest absolute Gasteiger partial charge is 0.242 e. The van der Waals surface area contributed by atoms with Crippen LogP contribution in [0.5, 0.6) is 0 Å². The van der Waals surface area contributed by atoms with Crippen molar-refractivity contribution in [2.24, 2.45) is 0 Å². The number of amides is 1. The molecular weight excluding hydrogens is 234 g/mol. The van der Waals surface area contributed by atoms with Gasteiger partial charge in [-0.3, -0.25) is 4.79 Å². The fraction of sp³-hybridized carbons (Fsp3) is 0.500. The zero-order valence-electron chi connectivity index (χ0n) is 10.2. The molecule has 1 N–H and O–H groups in total. The van der Waals surface area contributed by atoms with E-state index in [4.69, 9.17) is 11.6 Å². The van der Waals surface area contributed by atoms with Crippen molar-refractivity contribution in [3.63, 3.8) is 0 Å². The highest BCUT2D eigenvalue weighted by Crippen LogP contribution is 2.43. The molecule has 0 aromatic heterocycles. The van der Waals surface area contributed by atoms with Crippen LogP contribution in [-0.2, 0) is 4.79 Å². The number of hydrogen-bond acceptors (Lipinski definition) is 1. The maximum atomic E-state index is 11.9. The molecule has 0 heterocycles. The van der Waals surface area contributed by atoms with E-state index in [-0.39, 0.29) is 11.9 Å². The van der Waals surface area contributed by atoms with E-state index in [1.54, 1.807) is 0 Å². The van der Waals surface area contributed by atoms with Gasteiger partial charge in [0.1, 0.15) is 5.38 Å². The molecule has 1 fully saturated rings. The van der Waals surface area contributed by atoms with Gasteiger partial charge in [-0.25, -0.2) is 0 Å². The third kappa shape index (κ3) is 3.01. The molecule has 1 unspecified atom stereocenters. The summed E-state index contributed by atoms with van der Waals surface area (Å²) in [7, 11) is 0. The molecule has 1 amide bonds. The molecule has 1 aliphatic carbocycles. The second-order valence-electron chi connectivity index (χ2n) is 4.93. The molecule has 0 spiro atoms. The van der Waals surface area contributed by atoms with Gasteiger partial charge in [0, 0.05) is 6.04 Å². The first-order valence-electron chi connectivity index (χ1n) is 6.13. The lowest BCUT2D eigenvalue weighted by molar-refractivity contribution is -0.121. The summed E-state index contributed by atoms with van der Waals surface area (Å²) in [5.74, 6) is 0.508. The Morgan fingerprint density at radius 1 is 1.35 bits per heavy atom. The molecular formula is C14H18ClNO. The third-order valence-electron chi connectivity index (χ3n) is 2.95. The van der Waals surface area contributed by atoms with Gasteiger partial charge in [0.15, 0.2) is 0 Å². The van der Waals surface area contributed by atoms with Crippen molar-refractivity contribution in [3.05, 3.63) is 35.4 Å². The standard InChI is InChI=1S/C14H18ClNO/c1-9(2)16-14(17)13(15)12-6-4-3-5-11(12)10-7-8-10/h3-6,9-10,13H,7-8H2,1-2H3,(H,16,17). The molecule has 0 aliphatic heterocycles. The predicted octanol–water partition coefficient (Wildman–Crippen LogP) is 3.37. The van der Waals surface area contributed by atoms with E-state index in [1.165, 1.54) is 18.4 Å². The van der Waals surface area contributed by atoms with Crippen LogP contribution in [-0.4, -0.2) is 11.9 Å². The van der Waals surface area contributed by atoms with Crippen molar-refractivity contribution in [1.82, 2.24) is 5.32 Å². The highest BCUT2D eigenvalue weighted by molar-refractivity contribution is 6.30. The van der Waals surface area contributed by atoms with Crippen LogP contribution >= 0.6 is 11.6 Å². The highest BCUT2D eigenvalue weighted by atomic mass is 35.5. The van der Waals surface area contributed by atoms with E-state index < -0.39 is 5.38 Å². The highest BCUT2D eigenvalue weighted by Gasteiger charge is 2.29. The lowest BCUT2D eigenvalue weighted by Crippen LogP contribution is -2.33. The van der Waals surface area contributed by atoms with Crippen molar-refractivity contribution in [3.8, 4) is 0 Å². The van der Waals surface area contributed by atoms with Crippen LogP contribution in [0.25, 0.3) is 0 Å². The van der Waals surface area contributed by atoms with Crippen molar-refractivity contribution in [1.29, 1.82) is 0 Å². The minimum atomic E-state index is -0.575. The molecule has 3 heteroatoms. The summed E-state index contributed by atoms with van der Waals surface area (Å²) in [4.78, 5) is 11.9.